The molecule has 0 spiro atoms. The van der Waals surface area contributed by atoms with Crippen LogP contribution in [0.2, 0.25) is 0 Å². The molecule has 2 aromatic rings. The summed E-state index contributed by atoms with van der Waals surface area (Å²) in [5, 5.41) is 14.0. The molecule has 1 aromatic carbocycles. The van der Waals surface area contributed by atoms with Crippen LogP contribution in [0.4, 0.5) is 10.1 Å². The molecule has 110 valence electrons. The van der Waals surface area contributed by atoms with Crippen molar-refractivity contribution in [3.05, 3.63) is 52.1 Å². The molecular formula is C13H13FN4O3. The molecular weight excluding hydrogens is 279 g/mol. The Morgan fingerprint density at radius 1 is 1.38 bits per heavy atom. The highest BCUT2D eigenvalue weighted by Crippen LogP contribution is 2.30. The fourth-order valence-electron chi connectivity index (χ4n) is 1.57. The van der Waals surface area contributed by atoms with E-state index in [1.165, 1.54) is 6.07 Å². The zero-order chi connectivity index (χ0) is 15.2. The molecule has 0 amide bonds. The van der Waals surface area contributed by atoms with E-state index in [9.17, 15) is 14.5 Å². The van der Waals surface area contributed by atoms with Gasteiger partial charge in [0.15, 0.2) is 0 Å². The van der Waals surface area contributed by atoms with Gasteiger partial charge in [0.2, 0.25) is 5.75 Å². The third kappa shape index (κ3) is 3.93. The minimum Gasteiger partial charge on any atom is -0.417 e. The lowest BCUT2D eigenvalue weighted by Gasteiger charge is -2.05. The number of aromatic nitrogens is 2. The molecule has 8 heteroatoms. The molecule has 0 aliphatic rings. The predicted octanol–water partition coefficient (Wildman–Crippen LogP) is 2.43. The van der Waals surface area contributed by atoms with Gasteiger partial charge in [-0.15, -0.1) is 0 Å². The Labute approximate surface area is 120 Å². The van der Waals surface area contributed by atoms with Crippen LogP contribution in [0.15, 0.2) is 30.6 Å². The number of hydrogen-bond donors (Lipinski definition) is 1. The lowest BCUT2D eigenvalue weighted by molar-refractivity contribution is -0.385. The number of rotatable bonds is 6. The van der Waals surface area contributed by atoms with Crippen molar-refractivity contribution in [3.63, 3.8) is 0 Å². The zero-order valence-corrected chi connectivity index (χ0v) is 11.2. The molecule has 1 heterocycles. The van der Waals surface area contributed by atoms with Crippen molar-refractivity contribution >= 4 is 5.69 Å². The summed E-state index contributed by atoms with van der Waals surface area (Å²) in [6, 6.07) is 2.99. The van der Waals surface area contributed by atoms with E-state index in [1.54, 1.807) is 12.4 Å². The molecule has 21 heavy (non-hydrogen) atoms. The second-order valence-electron chi connectivity index (χ2n) is 4.13. The van der Waals surface area contributed by atoms with Crippen LogP contribution in [-0.2, 0) is 6.54 Å². The number of halogens is 1. The van der Waals surface area contributed by atoms with Crippen LogP contribution in [0.1, 0.15) is 12.5 Å². The normalized spacial score (nSPS) is 10.4. The highest BCUT2D eigenvalue weighted by Gasteiger charge is 2.17. The lowest BCUT2D eigenvalue weighted by atomic mass is 10.3. The average molecular weight is 292 g/mol. The number of nitrogens with zero attached hydrogens (tertiary/aromatic N) is 3. The van der Waals surface area contributed by atoms with Crippen LogP contribution in [0.3, 0.4) is 0 Å². The molecule has 1 N–H and O–H groups in total. The van der Waals surface area contributed by atoms with Crippen molar-refractivity contribution in [2.45, 2.75) is 13.5 Å². The van der Waals surface area contributed by atoms with Gasteiger partial charge in [0, 0.05) is 24.5 Å². The maximum Gasteiger partial charge on any atom is 0.322 e. The zero-order valence-electron chi connectivity index (χ0n) is 11.2. The number of nitro benzene ring substituents is 1. The van der Waals surface area contributed by atoms with Crippen molar-refractivity contribution in [2.75, 3.05) is 6.54 Å². The predicted molar refractivity (Wildman–Crippen MR) is 72.5 cm³/mol. The van der Waals surface area contributed by atoms with Crippen LogP contribution in [0.25, 0.3) is 0 Å². The first kappa shape index (κ1) is 14.8. The summed E-state index contributed by atoms with van der Waals surface area (Å²) in [6.45, 7) is 3.42. The van der Waals surface area contributed by atoms with Crippen molar-refractivity contribution in [1.82, 2.24) is 15.3 Å². The number of hydrogen-bond acceptors (Lipinski definition) is 6. The van der Waals surface area contributed by atoms with E-state index in [2.05, 4.69) is 15.3 Å². The van der Waals surface area contributed by atoms with E-state index in [-0.39, 0.29) is 11.8 Å². The topological polar surface area (TPSA) is 90.2 Å². The summed E-state index contributed by atoms with van der Waals surface area (Å²) in [7, 11) is 0. The molecule has 0 unspecified atom stereocenters. The Bertz CT molecular complexity index is 634. The van der Waals surface area contributed by atoms with E-state index in [0.717, 1.165) is 24.2 Å². The third-order valence-corrected chi connectivity index (χ3v) is 2.58. The number of ether oxygens (including phenoxy) is 1. The van der Waals surface area contributed by atoms with Gasteiger partial charge in [0.05, 0.1) is 11.0 Å². The van der Waals surface area contributed by atoms with E-state index < -0.39 is 16.4 Å². The Morgan fingerprint density at radius 3 is 2.71 bits per heavy atom. The van der Waals surface area contributed by atoms with E-state index in [1.807, 2.05) is 6.92 Å². The standard InChI is InChI=1S/C13H13FN4O3/c1-2-15-6-9-7-16-13(17-8-9)21-12-4-3-10(14)5-11(12)18(19)20/h3-5,7-8,15H,2,6H2,1H3. The van der Waals surface area contributed by atoms with Gasteiger partial charge in [0.25, 0.3) is 0 Å². The summed E-state index contributed by atoms with van der Waals surface area (Å²) in [5.74, 6) is -0.822. The van der Waals surface area contributed by atoms with Crippen molar-refractivity contribution in [1.29, 1.82) is 0 Å². The monoisotopic (exact) mass is 292 g/mol. The smallest absolute Gasteiger partial charge is 0.322 e. The first-order valence-corrected chi connectivity index (χ1v) is 6.23. The van der Waals surface area contributed by atoms with Crippen LogP contribution >= 0.6 is 0 Å². The second kappa shape index (κ2) is 6.71. The summed E-state index contributed by atoms with van der Waals surface area (Å²) >= 11 is 0. The van der Waals surface area contributed by atoms with E-state index >= 15 is 0 Å². The molecule has 0 aliphatic carbocycles. The molecule has 0 bridgehead atoms. The molecule has 2 rings (SSSR count). The molecule has 0 atom stereocenters. The molecule has 0 aliphatic heterocycles. The molecule has 0 fully saturated rings. The molecule has 0 saturated carbocycles. The Morgan fingerprint density at radius 2 is 2.10 bits per heavy atom. The largest absolute Gasteiger partial charge is 0.417 e. The van der Waals surface area contributed by atoms with Crippen molar-refractivity contribution in [2.24, 2.45) is 0 Å². The quantitative estimate of drug-likeness (QED) is 0.649. The summed E-state index contributed by atoms with van der Waals surface area (Å²) in [6.07, 6.45) is 3.11. The van der Waals surface area contributed by atoms with Crippen LogP contribution in [0.5, 0.6) is 11.8 Å². The summed E-state index contributed by atoms with van der Waals surface area (Å²) in [4.78, 5) is 18.0. The fraction of sp³-hybridized carbons (Fsp3) is 0.231. The van der Waals surface area contributed by atoms with Crippen LogP contribution in [0, 0.1) is 15.9 Å². The Balaban J connectivity index is 2.16. The molecule has 0 radical (unpaired) electrons. The Hall–Kier alpha value is -2.61. The first-order valence-electron chi connectivity index (χ1n) is 6.23. The molecule has 0 saturated heterocycles. The molecule has 1 aromatic heterocycles. The number of nitrogens with one attached hydrogen (secondary N) is 1. The highest BCUT2D eigenvalue weighted by atomic mass is 19.1. The summed E-state index contributed by atoms with van der Waals surface area (Å²) in [5.41, 5.74) is 0.383. The van der Waals surface area contributed by atoms with Gasteiger partial charge in [-0.3, -0.25) is 10.1 Å². The second-order valence-corrected chi connectivity index (χ2v) is 4.13. The van der Waals surface area contributed by atoms with Gasteiger partial charge in [0.1, 0.15) is 5.82 Å². The lowest BCUT2D eigenvalue weighted by Crippen LogP contribution is -2.12. The van der Waals surface area contributed by atoms with Gasteiger partial charge in [-0.05, 0) is 18.7 Å². The highest BCUT2D eigenvalue weighted by molar-refractivity contribution is 5.47. The maximum atomic E-state index is 13.0. The number of benzene rings is 1. The van der Waals surface area contributed by atoms with E-state index in [0.29, 0.717) is 6.54 Å². The minimum absolute atomic E-state index is 0.0371. The van der Waals surface area contributed by atoms with Gasteiger partial charge < -0.3 is 10.1 Å². The Kier molecular flexibility index (Phi) is 4.72. The number of nitro groups is 1. The van der Waals surface area contributed by atoms with Gasteiger partial charge in [-0.25, -0.2) is 14.4 Å². The third-order valence-electron chi connectivity index (χ3n) is 2.58. The average Bonchev–Trinajstić information content (AvgIpc) is 2.48. The fourth-order valence-corrected chi connectivity index (χ4v) is 1.57. The van der Waals surface area contributed by atoms with Gasteiger partial charge in [-0.2, -0.15) is 0 Å². The van der Waals surface area contributed by atoms with Crippen LogP contribution in [-0.4, -0.2) is 21.4 Å². The van der Waals surface area contributed by atoms with Gasteiger partial charge in [-0.1, -0.05) is 6.92 Å². The first-order chi connectivity index (χ1) is 10.1. The van der Waals surface area contributed by atoms with Crippen molar-refractivity contribution in [3.8, 4) is 11.8 Å². The van der Waals surface area contributed by atoms with Gasteiger partial charge >= 0.3 is 11.7 Å². The minimum atomic E-state index is -0.724. The maximum absolute atomic E-state index is 13.0. The molecule has 7 nitrogen and oxygen atoms in total. The summed E-state index contributed by atoms with van der Waals surface area (Å²) < 4.78 is 18.3. The van der Waals surface area contributed by atoms with E-state index in [4.69, 9.17) is 4.74 Å². The SMILES string of the molecule is CCNCc1cnc(Oc2ccc(F)cc2[N+](=O)[O-])nc1. The van der Waals surface area contributed by atoms with Crippen LogP contribution < -0.4 is 10.1 Å². The van der Waals surface area contributed by atoms with Crippen molar-refractivity contribution < 1.29 is 14.1 Å².